The molecule has 0 bridgehead atoms. The molecule has 10 heavy (non-hydrogen) atoms. The number of hydrogen-bond donors (Lipinski definition) is 0. The van der Waals surface area contributed by atoms with E-state index >= 15 is 0 Å². The molecule has 0 aliphatic rings. The molecule has 0 saturated carbocycles. The van der Waals surface area contributed by atoms with Gasteiger partial charge in [0.15, 0.2) is 0 Å². The predicted octanol–water partition coefficient (Wildman–Crippen LogP) is 2.56. The van der Waals surface area contributed by atoms with Gasteiger partial charge in [-0.2, -0.15) is 0 Å². The zero-order chi connectivity index (χ0) is 7.56. The highest BCUT2D eigenvalue weighted by molar-refractivity contribution is 5.16. The van der Waals surface area contributed by atoms with Crippen molar-refractivity contribution in [1.82, 2.24) is 0 Å². The minimum absolute atomic E-state index is 0.664. The van der Waals surface area contributed by atoms with Gasteiger partial charge in [0.1, 0.15) is 5.82 Å². The van der Waals surface area contributed by atoms with E-state index in [4.69, 9.17) is 0 Å². The van der Waals surface area contributed by atoms with Gasteiger partial charge in [-0.3, -0.25) is 0 Å². The minimum atomic E-state index is -2.78. The smallest absolute Gasteiger partial charge is 0.206 e. The van der Waals surface area contributed by atoms with E-state index in [1.165, 1.54) is 12.1 Å². The Kier molecular flexibility index (Phi) is 1.94. The quantitative estimate of drug-likeness (QED) is 0.569. The first-order valence-electron chi connectivity index (χ1n) is 2.66. The lowest BCUT2D eigenvalue weighted by atomic mass is 10.2. The topological polar surface area (TPSA) is 0 Å². The monoisotopic (exact) mass is 145 g/mol. The van der Waals surface area contributed by atoms with E-state index in [1.807, 2.05) is 0 Å². The fraction of sp³-hybridized carbons (Fsp3) is 0.143. The third-order valence-electron chi connectivity index (χ3n) is 1.05. The Morgan fingerprint density at radius 2 is 2.10 bits per heavy atom. The molecular weight excluding hydrogens is 141 g/mol. The van der Waals surface area contributed by atoms with Crippen molar-refractivity contribution in [1.29, 1.82) is 0 Å². The molecule has 0 amide bonds. The van der Waals surface area contributed by atoms with Gasteiger partial charge in [-0.25, -0.2) is 13.2 Å². The Bertz CT molecular complexity index is 220. The van der Waals surface area contributed by atoms with Crippen molar-refractivity contribution in [2.75, 3.05) is 0 Å². The van der Waals surface area contributed by atoms with Gasteiger partial charge in [0, 0.05) is 0 Å². The van der Waals surface area contributed by atoms with E-state index in [0.717, 1.165) is 6.07 Å². The molecule has 53 valence electrons. The van der Waals surface area contributed by atoms with Gasteiger partial charge in [0.2, 0.25) is 0 Å². The molecule has 0 nitrogen and oxygen atoms in total. The Morgan fingerprint density at radius 1 is 1.40 bits per heavy atom. The van der Waals surface area contributed by atoms with Crippen LogP contribution in [0, 0.1) is 11.9 Å². The predicted molar refractivity (Wildman–Crippen MR) is 30.2 cm³/mol. The van der Waals surface area contributed by atoms with Crippen molar-refractivity contribution >= 4 is 0 Å². The average molecular weight is 145 g/mol. The van der Waals surface area contributed by atoms with Crippen LogP contribution in [0.4, 0.5) is 13.2 Å². The standard InChI is InChI=1S/C7H4F3/c8-6-4-2-1-3-5(6)7(9)10/h1-2,4,7H. The molecule has 0 atom stereocenters. The van der Waals surface area contributed by atoms with E-state index in [9.17, 15) is 13.2 Å². The molecular formula is C7H4F3. The van der Waals surface area contributed by atoms with Crippen molar-refractivity contribution in [3.05, 3.63) is 35.6 Å². The third kappa shape index (κ3) is 1.29. The summed E-state index contributed by atoms with van der Waals surface area (Å²) in [7, 11) is 0. The van der Waals surface area contributed by atoms with Crippen molar-refractivity contribution < 1.29 is 13.2 Å². The molecule has 1 aromatic rings. The van der Waals surface area contributed by atoms with Crippen molar-refractivity contribution in [3.8, 4) is 0 Å². The Hall–Kier alpha value is -0.990. The molecule has 0 unspecified atom stereocenters. The van der Waals surface area contributed by atoms with Crippen LogP contribution in [-0.2, 0) is 0 Å². The van der Waals surface area contributed by atoms with Gasteiger partial charge in [0.05, 0.1) is 5.56 Å². The Morgan fingerprint density at radius 3 is 2.50 bits per heavy atom. The molecule has 3 heteroatoms. The SMILES string of the molecule is Fc1ccc[c]c1C(F)F. The van der Waals surface area contributed by atoms with Crippen LogP contribution < -0.4 is 0 Å². The van der Waals surface area contributed by atoms with Gasteiger partial charge < -0.3 is 0 Å². The minimum Gasteiger partial charge on any atom is -0.206 e. The summed E-state index contributed by atoms with van der Waals surface area (Å²) in [6, 6.07) is 5.67. The molecule has 1 radical (unpaired) electrons. The lowest BCUT2D eigenvalue weighted by molar-refractivity contribution is 0.146. The first-order chi connectivity index (χ1) is 4.72. The van der Waals surface area contributed by atoms with Crippen LogP contribution in [0.25, 0.3) is 0 Å². The van der Waals surface area contributed by atoms with E-state index in [1.54, 1.807) is 0 Å². The molecule has 0 fully saturated rings. The summed E-state index contributed by atoms with van der Waals surface area (Å²) in [6.45, 7) is 0. The molecule has 0 aromatic heterocycles. The zero-order valence-electron chi connectivity index (χ0n) is 4.94. The summed E-state index contributed by atoms with van der Waals surface area (Å²) < 4.78 is 35.8. The van der Waals surface area contributed by atoms with Gasteiger partial charge in [-0.05, 0) is 12.1 Å². The van der Waals surface area contributed by atoms with Gasteiger partial charge >= 0.3 is 0 Å². The van der Waals surface area contributed by atoms with Gasteiger partial charge in [0.25, 0.3) is 6.43 Å². The number of alkyl halides is 2. The molecule has 0 saturated heterocycles. The van der Waals surface area contributed by atoms with Crippen LogP contribution in [0.2, 0.25) is 0 Å². The highest BCUT2D eigenvalue weighted by atomic mass is 19.3. The number of halogens is 3. The summed E-state index contributed by atoms with van der Waals surface area (Å²) in [5.74, 6) is -0.905. The normalized spacial score (nSPS) is 10.4. The molecule has 0 heterocycles. The van der Waals surface area contributed by atoms with E-state index in [-0.39, 0.29) is 0 Å². The van der Waals surface area contributed by atoms with E-state index in [2.05, 4.69) is 6.07 Å². The van der Waals surface area contributed by atoms with Crippen molar-refractivity contribution in [2.45, 2.75) is 6.43 Å². The Balaban J connectivity index is 3.03. The summed E-state index contributed by atoms with van der Waals surface area (Å²) in [5.41, 5.74) is -0.664. The number of hydrogen-bond acceptors (Lipinski definition) is 0. The van der Waals surface area contributed by atoms with Crippen LogP contribution >= 0.6 is 0 Å². The van der Waals surface area contributed by atoms with E-state index in [0.29, 0.717) is 0 Å². The summed E-state index contributed by atoms with van der Waals surface area (Å²) in [6.07, 6.45) is -2.78. The molecule has 0 N–H and O–H groups in total. The maximum absolute atomic E-state index is 12.3. The van der Waals surface area contributed by atoms with Gasteiger partial charge in [-0.15, -0.1) is 0 Å². The second-order valence-corrected chi connectivity index (χ2v) is 1.73. The second-order valence-electron chi connectivity index (χ2n) is 1.73. The number of benzene rings is 1. The zero-order valence-corrected chi connectivity index (χ0v) is 4.94. The first kappa shape index (κ1) is 7.12. The molecule has 0 spiro atoms. The fourth-order valence-electron chi connectivity index (χ4n) is 0.596. The van der Waals surface area contributed by atoms with Crippen LogP contribution in [-0.4, -0.2) is 0 Å². The third-order valence-corrected chi connectivity index (χ3v) is 1.05. The second kappa shape index (κ2) is 2.73. The fourth-order valence-corrected chi connectivity index (χ4v) is 0.596. The maximum Gasteiger partial charge on any atom is 0.267 e. The maximum atomic E-state index is 12.3. The van der Waals surface area contributed by atoms with Crippen LogP contribution in [0.5, 0.6) is 0 Å². The average Bonchev–Trinajstić information content (AvgIpc) is 1.88. The number of rotatable bonds is 1. The van der Waals surface area contributed by atoms with E-state index < -0.39 is 17.8 Å². The molecule has 1 aromatic carbocycles. The van der Waals surface area contributed by atoms with Gasteiger partial charge in [-0.1, -0.05) is 12.1 Å². The van der Waals surface area contributed by atoms with Crippen molar-refractivity contribution in [3.63, 3.8) is 0 Å². The highest BCUT2D eigenvalue weighted by Crippen LogP contribution is 2.20. The van der Waals surface area contributed by atoms with Crippen LogP contribution in [0.15, 0.2) is 18.2 Å². The highest BCUT2D eigenvalue weighted by Gasteiger charge is 2.11. The molecule has 1 rings (SSSR count). The summed E-state index contributed by atoms with van der Waals surface area (Å²) in [5, 5.41) is 0. The Labute approximate surface area is 56.3 Å². The lowest BCUT2D eigenvalue weighted by Gasteiger charge is -1.97. The van der Waals surface area contributed by atoms with Crippen LogP contribution in [0.1, 0.15) is 12.0 Å². The van der Waals surface area contributed by atoms with Crippen LogP contribution in [0.3, 0.4) is 0 Å². The molecule has 0 aliphatic carbocycles. The summed E-state index contributed by atoms with van der Waals surface area (Å²) >= 11 is 0. The molecule has 0 aliphatic heterocycles. The lowest BCUT2D eigenvalue weighted by Crippen LogP contribution is -1.88. The van der Waals surface area contributed by atoms with Crippen molar-refractivity contribution in [2.24, 2.45) is 0 Å². The largest absolute Gasteiger partial charge is 0.267 e. The summed E-state index contributed by atoms with van der Waals surface area (Å²) in [4.78, 5) is 0. The first-order valence-corrected chi connectivity index (χ1v) is 2.66.